The molecule has 0 bridgehead atoms. The van der Waals surface area contributed by atoms with Crippen molar-refractivity contribution in [1.82, 2.24) is 14.4 Å². The lowest BCUT2D eigenvalue weighted by molar-refractivity contribution is -0.137. The Balaban J connectivity index is 1.37. The number of aromatic nitrogens is 1. The van der Waals surface area contributed by atoms with E-state index in [1.807, 2.05) is 0 Å². The highest BCUT2D eigenvalue weighted by atomic mass is 32.2. The molecule has 1 aliphatic heterocycles. The van der Waals surface area contributed by atoms with Crippen molar-refractivity contribution < 1.29 is 35.6 Å². The topological polar surface area (TPSA) is 54.8 Å². The fraction of sp³-hybridized carbons (Fsp3) is 0.300. The van der Waals surface area contributed by atoms with Crippen molar-refractivity contribution in [1.29, 1.82) is 0 Å². The molecule has 12 heteroatoms. The number of amides is 1. The molecule has 0 atom stereocenters. The summed E-state index contributed by atoms with van der Waals surface area (Å²) in [5, 5.41) is -0.205. The van der Waals surface area contributed by atoms with Gasteiger partial charge in [-0.3, -0.25) is 9.59 Å². The molecule has 1 amide bonds. The molecule has 272 valence electrons. The van der Waals surface area contributed by atoms with Crippen molar-refractivity contribution in [3.8, 4) is 11.1 Å². The number of nitrogens with zero attached hydrogens (tertiary/aromatic N) is 3. The minimum Gasteiger partial charge on any atom is -0.383 e. The summed E-state index contributed by atoms with van der Waals surface area (Å²) in [4.78, 5) is 31.9. The van der Waals surface area contributed by atoms with Crippen LogP contribution in [0.4, 0.5) is 22.0 Å². The Morgan fingerprint density at radius 3 is 2.31 bits per heavy atom. The van der Waals surface area contributed by atoms with Gasteiger partial charge < -0.3 is 19.1 Å². The maximum absolute atomic E-state index is 14.8. The predicted octanol–water partition coefficient (Wildman–Crippen LogP) is 8.40. The Hall–Kier alpha value is -4.52. The monoisotopic (exact) mass is 738 g/mol. The van der Waals surface area contributed by atoms with E-state index >= 15 is 0 Å². The second-order valence-electron chi connectivity index (χ2n) is 12.5. The van der Waals surface area contributed by atoms with Gasteiger partial charge in [-0.2, -0.15) is 13.2 Å². The van der Waals surface area contributed by atoms with Crippen molar-refractivity contribution >= 4 is 28.6 Å². The van der Waals surface area contributed by atoms with E-state index in [2.05, 4.69) is 4.90 Å². The van der Waals surface area contributed by atoms with Gasteiger partial charge in [0.1, 0.15) is 6.50 Å². The van der Waals surface area contributed by atoms with Crippen LogP contribution in [0.15, 0.2) is 107 Å². The molecular weight excluding hydrogens is 698 g/mol. The van der Waals surface area contributed by atoms with Crippen LogP contribution in [0.1, 0.15) is 33.6 Å². The maximum Gasteiger partial charge on any atom is 0.416 e. The van der Waals surface area contributed by atoms with Crippen molar-refractivity contribution in [3.05, 3.63) is 136 Å². The van der Waals surface area contributed by atoms with Gasteiger partial charge in [-0.1, -0.05) is 60.7 Å². The zero-order chi connectivity index (χ0) is 39.5. The van der Waals surface area contributed by atoms with E-state index in [0.717, 1.165) is 34.5 Å². The quantitative estimate of drug-likeness (QED) is 0.0952. The molecule has 5 aromatic rings. The van der Waals surface area contributed by atoms with Crippen LogP contribution in [0.25, 0.3) is 22.0 Å². The molecule has 1 fully saturated rings. The van der Waals surface area contributed by atoms with Gasteiger partial charge in [0.05, 0.1) is 26.8 Å². The van der Waals surface area contributed by atoms with Gasteiger partial charge in [0.25, 0.3) is 0 Å². The number of fused-ring (bicyclic) bond motifs is 1. The first-order valence-corrected chi connectivity index (χ1v) is 17.7. The molecule has 6 nitrogen and oxygen atoms in total. The largest absolute Gasteiger partial charge is 0.416 e. The number of para-hydroxylation sites is 1. The van der Waals surface area contributed by atoms with Gasteiger partial charge in [0.15, 0.2) is 17.1 Å². The fourth-order valence-electron chi connectivity index (χ4n) is 6.26. The zero-order valence-electron chi connectivity index (χ0n) is 31.3. The zero-order valence-corrected chi connectivity index (χ0v) is 29.1. The smallest absolute Gasteiger partial charge is 0.383 e. The Morgan fingerprint density at radius 2 is 1.63 bits per heavy atom. The molecule has 2 heterocycles. The van der Waals surface area contributed by atoms with Crippen molar-refractivity contribution in [2.75, 3.05) is 33.4 Å². The Labute approximate surface area is 307 Å². The number of pyridine rings is 1. The summed E-state index contributed by atoms with van der Waals surface area (Å²) in [7, 11) is 1.61. The highest BCUT2D eigenvalue weighted by molar-refractivity contribution is 7.98. The standard InChI is InChI=1S/C40H38F5N3O3S/c1-51-22-21-46-19-17-32(18-20-46)47(24-27-9-11-28(12-10-27)29-13-15-31(16-14-29)40(43,44)45)37(50)25-48-35-8-3-2-6-33(35)36(49)23-38(48)52-26-30-5-4-7-34(41)39(30)42/h2-16,23,32H,17-22,24-26H2,1H3/i23D,25D2. The van der Waals surface area contributed by atoms with Gasteiger partial charge in [-0.05, 0) is 59.9 Å². The van der Waals surface area contributed by atoms with E-state index in [4.69, 9.17) is 6.11 Å². The van der Waals surface area contributed by atoms with Crippen LogP contribution in [-0.4, -0.2) is 59.7 Å². The summed E-state index contributed by atoms with van der Waals surface area (Å²) in [6.07, 6.45) is -3.43. The summed E-state index contributed by atoms with van der Waals surface area (Å²) in [6, 6.07) is 20.4. The lowest BCUT2D eigenvalue weighted by Gasteiger charge is -2.39. The summed E-state index contributed by atoms with van der Waals surface area (Å²) < 4.78 is 102. The van der Waals surface area contributed by atoms with Gasteiger partial charge in [0.2, 0.25) is 5.91 Å². The van der Waals surface area contributed by atoms with Gasteiger partial charge in [-0.15, -0.1) is 11.8 Å². The normalized spacial score (nSPS) is 15.3. The molecule has 0 spiro atoms. The average molecular weight is 739 g/mol. The SMILES string of the molecule is [2H]c1c(SCc2cccc(F)c2F)n(C([2H])([2H])C(=O)N(Cc2ccc(-c3ccc(C(F)(F)F)cc3)cc2)C2CCN(CCOC)CC2)c2ccccc2c1=O. The minimum atomic E-state index is -4.47. The van der Waals surface area contributed by atoms with Crippen LogP contribution in [0.2, 0.25) is 0 Å². The summed E-state index contributed by atoms with van der Waals surface area (Å²) in [5.41, 5.74) is 0.377. The fourth-order valence-corrected chi connectivity index (χ4v) is 7.21. The van der Waals surface area contributed by atoms with Gasteiger partial charge in [-0.25, -0.2) is 8.78 Å². The molecule has 0 saturated carbocycles. The molecule has 4 aromatic carbocycles. The van der Waals surface area contributed by atoms with E-state index < -0.39 is 53.3 Å². The lowest BCUT2D eigenvalue weighted by atomic mass is 10.00. The average Bonchev–Trinajstić information content (AvgIpc) is 3.18. The molecule has 1 saturated heterocycles. The molecule has 1 aromatic heterocycles. The number of methoxy groups -OCH3 is 1. The second-order valence-corrected chi connectivity index (χ2v) is 13.5. The summed E-state index contributed by atoms with van der Waals surface area (Å²) >= 11 is 0.761. The molecule has 1 aliphatic rings. The summed E-state index contributed by atoms with van der Waals surface area (Å²) in [6.45, 7) is -0.449. The second kappa shape index (κ2) is 16.4. The number of carbonyl (C=O) groups is 1. The van der Waals surface area contributed by atoms with Crippen LogP contribution < -0.4 is 5.43 Å². The number of piperidine rings is 1. The van der Waals surface area contributed by atoms with Crippen LogP contribution in [0.5, 0.6) is 0 Å². The Kier molecular flexibility index (Phi) is 10.5. The number of benzene rings is 4. The van der Waals surface area contributed by atoms with Gasteiger partial charge in [0, 0.05) is 62.1 Å². The predicted molar refractivity (Wildman–Crippen MR) is 193 cm³/mol. The Bertz CT molecular complexity index is 2210. The number of halogens is 5. The van der Waals surface area contributed by atoms with Crippen molar-refractivity contribution in [3.63, 3.8) is 0 Å². The van der Waals surface area contributed by atoms with E-state index in [1.165, 1.54) is 41.3 Å². The van der Waals surface area contributed by atoms with E-state index in [1.54, 1.807) is 43.5 Å². The van der Waals surface area contributed by atoms with E-state index in [-0.39, 0.29) is 33.8 Å². The van der Waals surface area contributed by atoms with Crippen LogP contribution in [-0.2, 0) is 34.5 Å². The first kappa shape index (κ1) is 33.3. The molecule has 0 N–H and O–H groups in total. The highest BCUT2D eigenvalue weighted by Crippen LogP contribution is 2.32. The highest BCUT2D eigenvalue weighted by Gasteiger charge is 2.31. The lowest BCUT2D eigenvalue weighted by Crippen LogP contribution is -2.48. The number of alkyl halides is 3. The van der Waals surface area contributed by atoms with Crippen molar-refractivity contribution in [2.24, 2.45) is 0 Å². The number of hydrogen-bond acceptors (Lipinski definition) is 5. The molecule has 0 aliphatic carbocycles. The number of carbonyl (C=O) groups excluding carboxylic acids is 1. The first-order valence-electron chi connectivity index (χ1n) is 18.2. The maximum atomic E-state index is 14.8. The molecule has 0 unspecified atom stereocenters. The Morgan fingerprint density at radius 1 is 0.962 bits per heavy atom. The van der Waals surface area contributed by atoms with Gasteiger partial charge >= 0.3 is 6.18 Å². The van der Waals surface area contributed by atoms with Crippen molar-refractivity contribution in [2.45, 2.75) is 48.9 Å². The molecular formula is C40H38F5N3O3S. The van der Waals surface area contributed by atoms with Crippen LogP contribution >= 0.6 is 11.8 Å². The van der Waals surface area contributed by atoms with Crippen LogP contribution in [0.3, 0.4) is 0 Å². The minimum absolute atomic E-state index is 0.0160. The number of rotatable bonds is 12. The first-order chi connectivity index (χ1) is 26.2. The molecule has 0 radical (unpaired) electrons. The number of ether oxygens (including phenoxy) is 1. The summed E-state index contributed by atoms with van der Waals surface area (Å²) in [5.74, 6) is -3.38. The number of thioether (sulfide) groups is 1. The van der Waals surface area contributed by atoms with Crippen LogP contribution in [0, 0.1) is 11.6 Å². The third-order valence-electron chi connectivity index (χ3n) is 9.14. The van der Waals surface area contributed by atoms with E-state index in [0.29, 0.717) is 55.8 Å². The third-order valence-corrected chi connectivity index (χ3v) is 10.2. The third kappa shape index (κ3) is 8.74. The van der Waals surface area contributed by atoms with E-state index in [9.17, 15) is 34.3 Å². The molecule has 52 heavy (non-hydrogen) atoms. The number of hydrogen-bond donors (Lipinski definition) is 0. The molecule has 6 rings (SSSR count). The number of likely N-dealkylation sites (tertiary alicyclic amines) is 1.